The number of piperazine rings is 1. The van der Waals surface area contributed by atoms with Crippen LogP contribution in [0.3, 0.4) is 0 Å². The molecule has 4 nitrogen and oxygen atoms in total. The summed E-state index contributed by atoms with van der Waals surface area (Å²) in [6.45, 7) is 7.90. The molecule has 0 saturated carbocycles. The first-order valence-electron chi connectivity index (χ1n) is 7.09. The molecule has 1 aliphatic heterocycles. The lowest BCUT2D eigenvalue weighted by Gasteiger charge is -2.42. The SMILES string of the molecule is CC(CS(=O)(=O)N1CCNCC1(C)C)c1ccccc1. The third kappa shape index (κ3) is 3.40. The Morgan fingerprint density at radius 3 is 2.55 bits per heavy atom. The van der Waals surface area contributed by atoms with Crippen molar-refractivity contribution >= 4 is 10.0 Å². The number of nitrogens with one attached hydrogen (secondary N) is 1. The molecule has 1 aromatic rings. The van der Waals surface area contributed by atoms with E-state index in [0.717, 1.165) is 12.1 Å². The molecule has 1 fully saturated rings. The van der Waals surface area contributed by atoms with Crippen molar-refractivity contribution < 1.29 is 8.42 Å². The first-order chi connectivity index (χ1) is 9.33. The molecular weight excluding hydrogens is 272 g/mol. The van der Waals surface area contributed by atoms with Gasteiger partial charge in [-0.25, -0.2) is 8.42 Å². The summed E-state index contributed by atoms with van der Waals surface area (Å²) in [6, 6.07) is 9.83. The smallest absolute Gasteiger partial charge is 0.215 e. The monoisotopic (exact) mass is 296 g/mol. The van der Waals surface area contributed by atoms with Gasteiger partial charge in [-0.3, -0.25) is 0 Å². The Kier molecular flexibility index (Phi) is 4.52. The van der Waals surface area contributed by atoms with E-state index < -0.39 is 10.0 Å². The molecular formula is C15H24N2O2S. The summed E-state index contributed by atoms with van der Waals surface area (Å²) >= 11 is 0. The van der Waals surface area contributed by atoms with Crippen molar-refractivity contribution in [3.05, 3.63) is 35.9 Å². The van der Waals surface area contributed by atoms with E-state index >= 15 is 0 Å². The highest BCUT2D eigenvalue weighted by molar-refractivity contribution is 7.89. The van der Waals surface area contributed by atoms with Crippen LogP contribution in [-0.2, 0) is 10.0 Å². The van der Waals surface area contributed by atoms with E-state index in [1.807, 2.05) is 51.1 Å². The van der Waals surface area contributed by atoms with Crippen molar-refractivity contribution in [1.29, 1.82) is 0 Å². The van der Waals surface area contributed by atoms with E-state index in [4.69, 9.17) is 0 Å². The normalized spacial score (nSPS) is 21.6. The second-order valence-electron chi connectivity index (χ2n) is 6.15. The minimum atomic E-state index is -3.25. The first-order valence-corrected chi connectivity index (χ1v) is 8.70. The van der Waals surface area contributed by atoms with Gasteiger partial charge in [0.1, 0.15) is 0 Å². The summed E-state index contributed by atoms with van der Waals surface area (Å²) in [5.41, 5.74) is 0.719. The molecule has 112 valence electrons. The van der Waals surface area contributed by atoms with Crippen LogP contribution in [0.15, 0.2) is 30.3 Å². The van der Waals surface area contributed by atoms with Crippen LogP contribution in [-0.4, -0.2) is 43.6 Å². The quantitative estimate of drug-likeness (QED) is 0.922. The minimum absolute atomic E-state index is 0.00638. The van der Waals surface area contributed by atoms with Gasteiger partial charge in [0.05, 0.1) is 5.75 Å². The fourth-order valence-corrected chi connectivity index (χ4v) is 4.96. The standard InChI is InChI=1S/C15H24N2O2S/c1-13(14-7-5-4-6-8-14)11-20(18,19)17-10-9-16-12-15(17,2)3/h4-8,13,16H,9-12H2,1-3H3. The molecule has 1 atom stereocenters. The zero-order valence-corrected chi connectivity index (χ0v) is 13.3. The first kappa shape index (κ1) is 15.5. The topological polar surface area (TPSA) is 49.4 Å². The molecule has 1 aliphatic rings. The van der Waals surface area contributed by atoms with Gasteiger partial charge in [0.25, 0.3) is 0 Å². The van der Waals surface area contributed by atoms with Gasteiger partial charge in [0.15, 0.2) is 0 Å². The Bertz CT molecular complexity index is 540. The summed E-state index contributed by atoms with van der Waals surface area (Å²) in [5.74, 6) is 0.173. The zero-order valence-electron chi connectivity index (χ0n) is 12.5. The number of nitrogens with zero attached hydrogens (tertiary/aromatic N) is 1. The van der Waals surface area contributed by atoms with E-state index in [1.165, 1.54) is 0 Å². The number of rotatable bonds is 4. The van der Waals surface area contributed by atoms with Gasteiger partial charge in [-0.2, -0.15) is 4.31 Å². The highest BCUT2D eigenvalue weighted by Crippen LogP contribution is 2.25. The van der Waals surface area contributed by atoms with Crippen LogP contribution >= 0.6 is 0 Å². The third-order valence-electron chi connectivity index (χ3n) is 3.89. The number of hydrogen-bond acceptors (Lipinski definition) is 3. The molecule has 1 unspecified atom stereocenters. The molecule has 0 amide bonds. The average Bonchev–Trinajstić information content (AvgIpc) is 2.38. The average molecular weight is 296 g/mol. The molecule has 20 heavy (non-hydrogen) atoms. The molecule has 1 saturated heterocycles. The molecule has 5 heteroatoms. The Balaban J connectivity index is 2.15. The second-order valence-corrected chi connectivity index (χ2v) is 8.09. The Labute approximate surface area is 122 Å². The van der Waals surface area contributed by atoms with E-state index in [1.54, 1.807) is 4.31 Å². The molecule has 0 spiro atoms. The maximum Gasteiger partial charge on any atom is 0.215 e. The van der Waals surface area contributed by atoms with Crippen molar-refractivity contribution in [2.45, 2.75) is 32.2 Å². The fourth-order valence-electron chi connectivity index (χ4n) is 2.77. The second kappa shape index (κ2) is 5.84. The van der Waals surface area contributed by atoms with Crippen LogP contribution in [0.2, 0.25) is 0 Å². The Morgan fingerprint density at radius 2 is 1.95 bits per heavy atom. The molecule has 0 bridgehead atoms. The van der Waals surface area contributed by atoms with Gasteiger partial charge in [-0.15, -0.1) is 0 Å². The molecule has 2 rings (SSSR count). The predicted molar refractivity (Wildman–Crippen MR) is 82.3 cm³/mol. The van der Waals surface area contributed by atoms with Crippen LogP contribution in [0.25, 0.3) is 0 Å². The number of hydrogen-bond donors (Lipinski definition) is 1. The predicted octanol–water partition coefficient (Wildman–Crippen LogP) is 1.80. The lowest BCUT2D eigenvalue weighted by atomic mass is 10.0. The molecule has 1 N–H and O–H groups in total. The van der Waals surface area contributed by atoms with Crippen LogP contribution in [0, 0.1) is 0 Å². The number of sulfonamides is 1. The zero-order chi connectivity index (χ0) is 14.8. The van der Waals surface area contributed by atoms with Gasteiger partial charge in [-0.05, 0) is 25.3 Å². The van der Waals surface area contributed by atoms with Crippen LogP contribution < -0.4 is 5.32 Å². The molecule has 1 heterocycles. The summed E-state index contributed by atoms with van der Waals surface area (Å²) in [4.78, 5) is 0. The van der Waals surface area contributed by atoms with Crippen LogP contribution in [0.5, 0.6) is 0 Å². The summed E-state index contributed by atoms with van der Waals surface area (Å²) < 4.78 is 27.0. The summed E-state index contributed by atoms with van der Waals surface area (Å²) in [5, 5.41) is 3.26. The van der Waals surface area contributed by atoms with Crippen molar-refractivity contribution in [2.24, 2.45) is 0 Å². The van der Waals surface area contributed by atoms with Crippen LogP contribution in [0.1, 0.15) is 32.3 Å². The van der Waals surface area contributed by atoms with E-state index in [9.17, 15) is 8.42 Å². The summed E-state index contributed by atoms with van der Waals surface area (Å²) in [7, 11) is -3.25. The summed E-state index contributed by atoms with van der Waals surface area (Å²) in [6.07, 6.45) is 0. The minimum Gasteiger partial charge on any atom is -0.314 e. The highest BCUT2D eigenvalue weighted by atomic mass is 32.2. The number of benzene rings is 1. The third-order valence-corrected chi connectivity index (χ3v) is 6.16. The van der Waals surface area contributed by atoms with Gasteiger partial charge >= 0.3 is 0 Å². The fraction of sp³-hybridized carbons (Fsp3) is 0.600. The van der Waals surface area contributed by atoms with Gasteiger partial charge < -0.3 is 5.32 Å². The molecule has 0 aliphatic carbocycles. The lowest BCUT2D eigenvalue weighted by Crippen LogP contribution is -2.60. The van der Waals surface area contributed by atoms with Gasteiger partial charge in [0, 0.05) is 25.2 Å². The molecule has 0 radical (unpaired) electrons. The maximum atomic E-state index is 12.7. The Hall–Kier alpha value is -0.910. The van der Waals surface area contributed by atoms with Crippen molar-refractivity contribution in [3.8, 4) is 0 Å². The van der Waals surface area contributed by atoms with Gasteiger partial charge in [-0.1, -0.05) is 37.3 Å². The highest BCUT2D eigenvalue weighted by Gasteiger charge is 2.38. The Morgan fingerprint density at radius 1 is 1.30 bits per heavy atom. The van der Waals surface area contributed by atoms with Crippen molar-refractivity contribution in [3.63, 3.8) is 0 Å². The molecule has 1 aromatic carbocycles. The largest absolute Gasteiger partial charge is 0.314 e. The van der Waals surface area contributed by atoms with Crippen LogP contribution in [0.4, 0.5) is 0 Å². The van der Waals surface area contributed by atoms with Crippen molar-refractivity contribution in [1.82, 2.24) is 9.62 Å². The maximum absolute atomic E-state index is 12.7. The van der Waals surface area contributed by atoms with Crippen molar-refractivity contribution in [2.75, 3.05) is 25.4 Å². The lowest BCUT2D eigenvalue weighted by molar-refractivity contribution is 0.185. The van der Waals surface area contributed by atoms with E-state index in [2.05, 4.69) is 5.32 Å². The van der Waals surface area contributed by atoms with E-state index in [0.29, 0.717) is 13.1 Å². The van der Waals surface area contributed by atoms with E-state index in [-0.39, 0.29) is 17.2 Å². The molecule has 0 aromatic heterocycles. The van der Waals surface area contributed by atoms with Gasteiger partial charge in [0.2, 0.25) is 10.0 Å².